The summed E-state index contributed by atoms with van der Waals surface area (Å²) in [5.74, 6) is 0.550. The Labute approximate surface area is 211 Å². The maximum Gasteiger partial charge on any atom is 0.263 e. The number of rotatable bonds is 6. The number of aromatic nitrogens is 2. The molecule has 5 rings (SSSR count). The Kier molecular flexibility index (Phi) is 6.03. The second-order valence-electron chi connectivity index (χ2n) is 8.12. The first-order valence-corrected chi connectivity index (χ1v) is 12.7. The first-order valence-electron chi connectivity index (χ1n) is 10.8. The fourth-order valence-corrected chi connectivity index (χ4v) is 5.37. The average molecular weight is 522 g/mol. The summed E-state index contributed by atoms with van der Waals surface area (Å²) in [4.78, 5) is 13.1. The maximum atomic E-state index is 13.1. The van der Waals surface area contributed by atoms with E-state index in [0.717, 1.165) is 16.7 Å². The van der Waals surface area contributed by atoms with Gasteiger partial charge in [0.2, 0.25) is 0 Å². The van der Waals surface area contributed by atoms with Crippen LogP contribution in [0.25, 0.3) is 27.7 Å². The highest BCUT2D eigenvalue weighted by molar-refractivity contribution is 7.92. The van der Waals surface area contributed by atoms with Crippen molar-refractivity contribution in [2.45, 2.75) is 11.8 Å². The molecule has 36 heavy (non-hydrogen) atoms. The highest BCUT2D eigenvalue weighted by Crippen LogP contribution is 2.32. The summed E-state index contributed by atoms with van der Waals surface area (Å²) in [5.41, 5.74) is 3.47. The Morgan fingerprint density at radius 3 is 2.53 bits per heavy atom. The van der Waals surface area contributed by atoms with Crippen LogP contribution in [-0.2, 0) is 10.0 Å². The molecule has 10 heteroatoms. The van der Waals surface area contributed by atoms with Crippen molar-refractivity contribution >= 4 is 38.3 Å². The lowest BCUT2D eigenvalue weighted by Gasteiger charge is -2.16. The van der Waals surface area contributed by atoms with Crippen molar-refractivity contribution in [1.29, 1.82) is 0 Å². The minimum Gasteiger partial charge on any atom is -0.495 e. The minimum atomic E-state index is -3.92. The third-order valence-electron chi connectivity index (χ3n) is 5.65. The zero-order chi connectivity index (χ0) is 25.4. The van der Waals surface area contributed by atoms with Gasteiger partial charge < -0.3 is 9.26 Å². The van der Waals surface area contributed by atoms with Gasteiger partial charge in [0.15, 0.2) is 5.82 Å². The van der Waals surface area contributed by atoms with Gasteiger partial charge in [0.05, 0.1) is 23.2 Å². The van der Waals surface area contributed by atoms with E-state index < -0.39 is 10.0 Å². The van der Waals surface area contributed by atoms with E-state index in [0.29, 0.717) is 27.4 Å². The van der Waals surface area contributed by atoms with E-state index >= 15 is 0 Å². The van der Waals surface area contributed by atoms with Crippen molar-refractivity contribution in [2.24, 2.45) is 0 Å². The van der Waals surface area contributed by atoms with Gasteiger partial charge in [-0.05, 0) is 72.1 Å². The SMILES string of the molecule is COc1ccc(-c2cc(C)cc(Cl)c2)cc1-n1c(=O)ccc2cc(S(=O)(=O)Nc3ccon3)ccc21. The molecule has 182 valence electrons. The van der Waals surface area contributed by atoms with Gasteiger partial charge in [-0.25, -0.2) is 8.42 Å². The molecule has 0 spiro atoms. The molecule has 3 aromatic carbocycles. The number of halogens is 1. The predicted octanol–water partition coefficient (Wildman–Crippen LogP) is 5.42. The summed E-state index contributed by atoms with van der Waals surface area (Å²) in [6.07, 6.45) is 1.27. The molecular weight excluding hydrogens is 502 g/mol. The summed E-state index contributed by atoms with van der Waals surface area (Å²) in [6.45, 7) is 1.96. The summed E-state index contributed by atoms with van der Waals surface area (Å²) in [6, 6.07) is 20.1. The number of fused-ring (bicyclic) bond motifs is 1. The van der Waals surface area contributed by atoms with Crippen molar-refractivity contribution < 1.29 is 17.7 Å². The molecule has 0 aliphatic carbocycles. The molecule has 0 unspecified atom stereocenters. The summed E-state index contributed by atoms with van der Waals surface area (Å²) in [5, 5.41) is 4.74. The average Bonchev–Trinajstić information content (AvgIpc) is 3.35. The highest BCUT2D eigenvalue weighted by Gasteiger charge is 2.18. The normalized spacial score (nSPS) is 11.5. The van der Waals surface area contributed by atoms with Crippen molar-refractivity contribution in [3.05, 3.63) is 100.0 Å². The van der Waals surface area contributed by atoms with Crippen LogP contribution in [0.3, 0.4) is 0 Å². The first-order chi connectivity index (χ1) is 17.2. The summed E-state index contributed by atoms with van der Waals surface area (Å²) in [7, 11) is -2.40. The quantitative estimate of drug-likeness (QED) is 0.320. The van der Waals surface area contributed by atoms with E-state index in [2.05, 4.69) is 14.4 Å². The number of ether oxygens (including phenoxy) is 1. The van der Waals surface area contributed by atoms with Crippen LogP contribution in [0.5, 0.6) is 5.75 Å². The van der Waals surface area contributed by atoms with Crippen molar-refractivity contribution in [3.8, 4) is 22.6 Å². The molecule has 5 aromatic rings. The largest absolute Gasteiger partial charge is 0.495 e. The smallest absolute Gasteiger partial charge is 0.263 e. The van der Waals surface area contributed by atoms with Crippen molar-refractivity contribution in [1.82, 2.24) is 9.72 Å². The molecule has 0 saturated carbocycles. The van der Waals surface area contributed by atoms with Crippen LogP contribution in [0.2, 0.25) is 5.02 Å². The van der Waals surface area contributed by atoms with E-state index in [9.17, 15) is 13.2 Å². The van der Waals surface area contributed by atoms with E-state index in [1.54, 1.807) is 18.2 Å². The van der Waals surface area contributed by atoms with Crippen LogP contribution in [-0.4, -0.2) is 25.3 Å². The van der Waals surface area contributed by atoms with Gasteiger partial charge in [0.1, 0.15) is 12.0 Å². The number of pyridine rings is 1. The lowest BCUT2D eigenvalue weighted by Crippen LogP contribution is -2.19. The molecule has 0 atom stereocenters. The zero-order valence-electron chi connectivity index (χ0n) is 19.2. The second-order valence-corrected chi connectivity index (χ2v) is 10.2. The highest BCUT2D eigenvalue weighted by atomic mass is 35.5. The van der Waals surface area contributed by atoms with E-state index in [-0.39, 0.29) is 16.3 Å². The van der Waals surface area contributed by atoms with Gasteiger partial charge in [-0.1, -0.05) is 28.9 Å². The van der Waals surface area contributed by atoms with Crippen LogP contribution >= 0.6 is 11.6 Å². The van der Waals surface area contributed by atoms with Gasteiger partial charge in [-0.2, -0.15) is 0 Å². The van der Waals surface area contributed by atoms with Gasteiger partial charge in [0.25, 0.3) is 15.6 Å². The van der Waals surface area contributed by atoms with E-state index in [4.69, 9.17) is 16.3 Å². The molecule has 0 aliphatic rings. The molecule has 0 amide bonds. The van der Waals surface area contributed by atoms with Gasteiger partial charge in [-0.15, -0.1) is 0 Å². The third kappa shape index (κ3) is 4.46. The molecule has 0 saturated heterocycles. The summed E-state index contributed by atoms with van der Waals surface area (Å²) >= 11 is 6.27. The summed E-state index contributed by atoms with van der Waals surface area (Å²) < 4.78 is 39.8. The number of hydrogen-bond donors (Lipinski definition) is 1. The van der Waals surface area contributed by atoms with Crippen molar-refractivity contribution in [3.63, 3.8) is 0 Å². The van der Waals surface area contributed by atoms with Crippen LogP contribution in [0, 0.1) is 6.92 Å². The third-order valence-corrected chi connectivity index (χ3v) is 7.22. The molecule has 0 radical (unpaired) electrons. The Hall–Kier alpha value is -4.08. The number of hydrogen-bond acceptors (Lipinski definition) is 6. The number of sulfonamides is 1. The van der Waals surface area contributed by atoms with Crippen LogP contribution in [0.1, 0.15) is 5.56 Å². The number of nitrogens with zero attached hydrogens (tertiary/aromatic N) is 2. The van der Waals surface area contributed by atoms with Gasteiger partial charge in [-0.3, -0.25) is 14.1 Å². The molecule has 0 fully saturated rings. The number of aryl methyl sites for hydroxylation is 1. The van der Waals surface area contributed by atoms with Crippen LogP contribution < -0.4 is 15.0 Å². The molecule has 0 aliphatic heterocycles. The van der Waals surface area contributed by atoms with E-state index in [1.165, 1.54) is 42.2 Å². The van der Waals surface area contributed by atoms with Crippen molar-refractivity contribution in [2.75, 3.05) is 11.8 Å². The number of anilines is 1. The monoisotopic (exact) mass is 521 g/mol. The van der Waals surface area contributed by atoms with Gasteiger partial charge >= 0.3 is 0 Å². The maximum absolute atomic E-state index is 13.1. The number of benzene rings is 3. The minimum absolute atomic E-state index is 0.0123. The molecule has 2 heterocycles. The second kappa shape index (κ2) is 9.18. The zero-order valence-corrected chi connectivity index (χ0v) is 20.8. The Balaban J connectivity index is 1.66. The fourth-order valence-electron chi connectivity index (χ4n) is 4.05. The lowest BCUT2D eigenvalue weighted by molar-refractivity contribution is 0.413. The standard InChI is InChI=1S/C26H20ClN3O5S/c1-16-11-19(13-20(27)12-16)17-3-7-24(34-2)23(15-17)30-22-6-5-21(14-18(22)4-8-26(30)31)36(32,33)29-25-9-10-35-28-25/h3-15H,1-2H3,(H,28,29). The Bertz CT molecular complexity index is 1740. The number of methoxy groups -OCH3 is 1. The van der Waals surface area contributed by atoms with Gasteiger partial charge in [0, 0.05) is 22.5 Å². The van der Waals surface area contributed by atoms with E-state index in [1.807, 2.05) is 37.3 Å². The molecule has 0 bridgehead atoms. The van der Waals surface area contributed by atoms with Crippen LogP contribution in [0.4, 0.5) is 5.82 Å². The molecule has 2 aromatic heterocycles. The predicted molar refractivity (Wildman–Crippen MR) is 139 cm³/mol. The first kappa shape index (κ1) is 23.7. The molecular formula is C26H20ClN3O5S. The number of nitrogens with one attached hydrogen (secondary N) is 1. The molecule has 8 nitrogen and oxygen atoms in total. The Morgan fingerprint density at radius 1 is 0.972 bits per heavy atom. The topological polar surface area (TPSA) is 103 Å². The fraction of sp³-hybridized carbons (Fsp3) is 0.0769. The molecule has 1 N–H and O–H groups in total. The van der Waals surface area contributed by atoms with Crippen LogP contribution in [0.15, 0.2) is 93.3 Å². The lowest BCUT2D eigenvalue weighted by atomic mass is 10.0. The Morgan fingerprint density at radius 2 is 1.81 bits per heavy atom.